The van der Waals surface area contributed by atoms with Crippen molar-refractivity contribution in [2.75, 3.05) is 19.6 Å². The molecule has 27 heavy (non-hydrogen) atoms. The smallest absolute Gasteiger partial charge is 0.212 e. The van der Waals surface area contributed by atoms with Gasteiger partial charge in [0.25, 0.3) is 0 Å². The van der Waals surface area contributed by atoms with Crippen LogP contribution in [0.4, 0.5) is 0 Å². The molecule has 0 spiro atoms. The lowest BCUT2D eigenvalue weighted by Gasteiger charge is -2.19. The largest absolute Gasteiger partial charge is 0.335 e. The van der Waals surface area contributed by atoms with Gasteiger partial charge in [0.2, 0.25) is 5.43 Å². The Morgan fingerprint density at radius 1 is 1.00 bits per heavy atom. The number of halogens is 2. The Labute approximate surface area is 171 Å². The number of nitrogens with zero attached hydrogens (tertiary/aromatic N) is 2. The summed E-state index contributed by atoms with van der Waals surface area (Å²) in [6.45, 7) is 7.98. The molecule has 0 atom stereocenters. The SMILES string of the molecule is CCN(CC)CCn1c2ccc(Cl)cc2c2sc3cc(Cl)ccc3c(=O)c21. The van der Waals surface area contributed by atoms with Crippen molar-refractivity contribution in [1.82, 2.24) is 9.47 Å². The summed E-state index contributed by atoms with van der Waals surface area (Å²) in [6.07, 6.45) is 0. The van der Waals surface area contributed by atoms with Crippen molar-refractivity contribution >= 4 is 65.7 Å². The summed E-state index contributed by atoms with van der Waals surface area (Å²) in [5.74, 6) is 0. The minimum atomic E-state index is 0.0577. The maximum atomic E-state index is 13.4. The minimum Gasteiger partial charge on any atom is -0.335 e. The van der Waals surface area contributed by atoms with Crippen molar-refractivity contribution in [3.63, 3.8) is 0 Å². The van der Waals surface area contributed by atoms with Crippen LogP contribution in [0, 0.1) is 0 Å². The highest BCUT2D eigenvalue weighted by Crippen LogP contribution is 2.35. The van der Waals surface area contributed by atoms with Crippen LogP contribution in [0.25, 0.3) is 31.2 Å². The van der Waals surface area contributed by atoms with Crippen LogP contribution in [0.2, 0.25) is 10.0 Å². The van der Waals surface area contributed by atoms with Gasteiger partial charge < -0.3 is 9.47 Å². The van der Waals surface area contributed by atoms with Gasteiger partial charge in [0.15, 0.2) is 0 Å². The monoisotopic (exact) mass is 418 g/mol. The number of rotatable bonds is 5. The molecule has 0 saturated heterocycles. The lowest BCUT2D eigenvalue weighted by molar-refractivity contribution is 0.293. The molecule has 2 aromatic heterocycles. The fourth-order valence-corrected chi connectivity index (χ4v) is 5.30. The zero-order chi connectivity index (χ0) is 19.1. The fraction of sp³-hybridized carbons (Fsp3) is 0.286. The molecule has 2 heterocycles. The molecular formula is C21H20Cl2N2OS. The molecule has 2 aromatic carbocycles. The maximum absolute atomic E-state index is 13.4. The van der Waals surface area contributed by atoms with Crippen LogP contribution in [0.15, 0.2) is 41.2 Å². The van der Waals surface area contributed by atoms with Gasteiger partial charge in [-0.15, -0.1) is 11.3 Å². The molecule has 0 unspecified atom stereocenters. The van der Waals surface area contributed by atoms with Gasteiger partial charge in [0.05, 0.1) is 10.2 Å². The van der Waals surface area contributed by atoms with Gasteiger partial charge in [-0.3, -0.25) is 4.79 Å². The second-order valence-corrected chi connectivity index (χ2v) is 8.51. The Balaban J connectivity index is 2.04. The normalized spacial score (nSPS) is 12.0. The van der Waals surface area contributed by atoms with Crippen molar-refractivity contribution in [2.24, 2.45) is 0 Å². The third-order valence-corrected chi connectivity index (χ3v) is 6.77. The molecule has 0 amide bonds. The molecule has 140 valence electrons. The zero-order valence-electron chi connectivity index (χ0n) is 15.3. The van der Waals surface area contributed by atoms with Gasteiger partial charge in [-0.05, 0) is 49.5 Å². The Morgan fingerprint density at radius 2 is 1.70 bits per heavy atom. The van der Waals surface area contributed by atoms with Crippen LogP contribution >= 0.6 is 34.5 Å². The van der Waals surface area contributed by atoms with E-state index in [1.807, 2.05) is 30.3 Å². The summed E-state index contributed by atoms with van der Waals surface area (Å²) in [4.78, 5) is 15.7. The zero-order valence-corrected chi connectivity index (χ0v) is 17.6. The molecule has 3 nitrogen and oxygen atoms in total. The molecule has 0 bridgehead atoms. The Bertz CT molecular complexity index is 1210. The van der Waals surface area contributed by atoms with Gasteiger partial charge in [0.1, 0.15) is 5.52 Å². The number of hydrogen-bond donors (Lipinski definition) is 0. The minimum absolute atomic E-state index is 0.0577. The molecular weight excluding hydrogens is 399 g/mol. The molecule has 6 heteroatoms. The highest BCUT2D eigenvalue weighted by molar-refractivity contribution is 7.25. The molecule has 4 rings (SSSR count). The van der Waals surface area contributed by atoms with Crippen molar-refractivity contribution < 1.29 is 0 Å². The van der Waals surface area contributed by atoms with E-state index in [-0.39, 0.29) is 5.43 Å². The predicted octanol–water partition coefficient (Wildman–Crippen LogP) is 6.02. The third kappa shape index (κ3) is 3.25. The molecule has 0 aliphatic heterocycles. The number of likely N-dealkylation sites (N-methyl/N-ethyl adjacent to an activating group) is 1. The van der Waals surface area contributed by atoms with Gasteiger partial charge in [-0.1, -0.05) is 37.0 Å². The van der Waals surface area contributed by atoms with E-state index in [1.165, 1.54) is 0 Å². The van der Waals surface area contributed by atoms with Crippen LogP contribution in [0.3, 0.4) is 0 Å². The van der Waals surface area contributed by atoms with Crippen molar-refractivity contribution in [2.45, 2.75) is 20.4 Å². The Kier molecular flexibility index (Phi) is 5.17. The van der Waals surface area contributed by atoms with Gasteiger partial charge in [0, 0.05) is 38.6 Å². The summed E-state index contributed by atoms with van der Waals surface area (Å²) in [5.41, 5.74) is 1.87. The highest BCUT2D eigenvalue weighted by atomic mass is 35.5. The van der Waals surface area contributed by atoms with Crippen molar-refractivity contribution in [1.29, 1.82) is 0 Å². The molecule has 0 aliphatic rings. The first-order chi connectivity index (χ1) is 13.0. The summed E-state index contributed by atoms with van der Waals surface area (Å²) in [7, 11) is 0. The first kappa shape index (κ1) is 18.8. The molecule has 0 saturated carbocycles. The first-order valence-corrected chi connectivity index (χ1v) is 10.7. The Morgan fingerprint density at radius 3 is 2.44 bits per heavy atom. The molecule has 0 radical (unpaired) electrons. The van der Waals surface area contributed by atoms with E-state index in [9.17, 15) is 4.79 Å². The van der Waals surface area contributed by atoms with Crippen LogP contribution in [-0.4, -0.2) is 29.1 Å². The number of aromatic nitrogens is 1. The predicted molar refractivity (Wildman–Crippen MR) is 119 cm³/mol. The van der Waals surface area contributed by atoms with E-state index in [4.69, 9.17) is 23.2 Å². The second-order valence-electron chi connectivity index (χ2n) is 6.59. The van der Waals surface area contributed by atoms with E-state index >= 15 is 0 Å². The molecule has 0 N–H and O–H groups in total. The van der Waals surface area contributed by atoms with E-state index in [0.717, 1.165) is 57.4 Å². The second kappa shape index (κ2) is 7.44. The van der Waals surface area contributed by atoms with Crippen LogP contribution in [-0.2, 0) is 6.54 Å². The topological polar surface area (TPSA) is 25.2 Å². The van der Waals surface area contributed by atoms with E-state index < -0.39 is 0 Å². The van der Waals surface area contributed by atoms with Gasteiger partial charge >= 0.3 is 0 Å². The highest BCUT2D eigenvalue weighted by Gasteiger charge is 2.17. The number of benzene rings is 2. The molecule has 4 aromatic rings. The van der Waals surface area contributed by atoms with Crippen molar-refractivity contribution in [3.05, 3.63) is 56.7 Å². The maximum Gasteiger partial charge on any atom is 0.212 e. The summed E-state index contributed by atoms with van der Waals surface area (Å²) in [6, 6.07) is 11.3. The standard InChI is InChI=1S/C21H20Cl2N2OS/c1-3-24(4-2)9-10-25-17-8-6-13(22)11-16(17)21-19(25)20(26)15-7-5-14(23)12-18(15)27-21/h5-8,11-12H,3-4,9-10H2,1-2H3. The van der Waals surface area contributed by atoms with Gasteiger partial charge in [-0.2, -0.15) is 0 Å². The van der Waals surface area contributed by atoms with Crippen LogP contribution in [0.1, 0.15) is 13.8 Å². The fourth-order valence-electron chi connectivity index (χ4n) is 3.64. The van der Waals surface area contributed by atoms with E-state index in [2.05, 4.69) is 23.3 Å². The first-order valence-electron chi connectivity index (χ1n) is 9.09. The molecule has 0 fully saturated rings. The van der Waals surface area contributed by atoms with Crippen LogP contribution < -0.4 is 5.43 Å². The lowest BCUT2D eigenvalue weighted by Crippen LogP contribution is -2.27. The van der Waals surface area contributed by atoms with Crippen molar-refractivity contribution in [3.8, 4) is 0 Å². The number of fused-ring (bicyclic) bond motifs is 4. The van der Waals surface area contributed by atoms with Crippen LogP contribution in [0.5, 0.6) is 0 Å². The van der Waals surface area contributed by atoms with E-state index in [1.54, 1.807) is 17.4 Å². The third-order valence-electron chi connectivity index (χ3n) is 5.13. The summed E-state index contributed by atoms with van der Waals surface area (Å²) < 4.78 is 4.04. The molecule has 0 aliphatic carbocycles. The lowest BCUT2D eigenvalue weighted by atomic mass is 10.2. The van der Waals surface area contributed by atoms with Gasteiger partial charge in [-0.25, -0.2) is 0 Å². The van der Waals surface area contributed by atoms with E-state index in [0.29, 0.717) is 10.0 Å². The Hall–Kier alpha value is -1.59. The number of hydrogen-bond acceptors (Lipinski definition) is 3. The quantitative estimate of drug-likeness (QED) is 0.395. The average molecular weight is 419 g/mol. The summed E-state index contributed by atoms with van der Waals surface area (Å²) in [5, 5.41) is 3.06. The average Bonchev–Trinajstić information content (AvgIpc) is 2.96. The summed E-state index contributed by atoms with van der Waals surface area (Å²) >= 11 is 14.0.